The van der Waals surface area contributed by atoms with E-state index in [0.717, 1.165) is 0 Å². The Morgan fingerprint density at radius 3 is 2.86 bits per heavy atom. The molecule has 0 spiro atoms. The zero-order valence-corrected chi connectivity index (χ0v) is 9.08. The Balaban J connectivity index is 2.76. The van der Waals surface area contributed by atoms with Crippen LogP contribution in [0.25, 0.3) is 0 Å². The van der Waals surface area contributed by atoms with Gasteiger partial charge in [-0.15, -0.1) is 0 Å². The van der Waals surface area contributed by atoms with E-state index in [1.807, 2.05) is 13.8 Å². The number of aromatic nitrogens is 2. The predicted molar refractivity (Wildman–Crippen MR) is 55.2 cm³/mol. The topological polar surface area (TPSA) is 46.9 Å². The molecular formula is C9H14ClN3O. The fraction of sp³-hybridized carbons (Fsp3) is 0.556. The van der Waals surface area contributed by atoms with Crippen molar-refractivity contribution in [1.29, 1.82) is 0 Å². The Morgan fingerprint density at radius 2 is 2.43 bits per heavy atom. The van der Waals surface area contributed by atoms with Crippen LogP contribution in [0.4, 0.5) is 0 Å². The SMILES string of the molecule is CCNC(=O)C(CC)n1cc(Cl)cn1. The lowest BCUT2D eigenvalue weighted by molar-refractivity contribution is -0.124. The molecule has 0 bridgehead atoms. The molecule has 0 saturated carbocycles. The summed E-state index contributed by atoms with van der Waals surface area (Å²) in [6.07, 6.45) is 3.89. The summed E-state index contributed by atoms with van der Waals surface area (Å²) in [5, 5.41) is 7.32. The average molecular weight is 216 g/mol. The lowest BCUT2D eigenvalue weighted by Gasteiger charge is -2.14. The summed E-state index contributed by atoms with van der Waals surface area (Å²) >= 11 is 5.73. The number of rotatable bonds is 4. The summed E-state index contributed by atoms with van der Waals surface area (Å²) in [5.41, 5.74) is 0. The molecule has 78 valence electrons. The molecule has 0 fully saturated rings. The number of hydrogen-bond donors (Lipinski definition) is 1. The van der Waals surface area contributed by atoms with E-state index in [1.165, 1.54) is 6.20 Å². The molecule has 4 nitrogen and oxygen atoms in total. The van der Waals surface area contributed by atoms with Crippen molar-refractivity contribution in [2.45, 2.75) is 26.3 Å². The Hall–Kier alpha value is -1.03. The Labute approximate surface area is 88.2 Å². The van der Waals surface area contributed by atoms with Gasteiger partial charge in [-0.1, -0.05) is 18.5 Å². The number of carbonyl (C=O) groups is 1. The molecule has 0 aliphatic carbocycles. The van der Waals surface area contributed by atoms with Crippen LogP contribution in [0.1, 0.15) is 26.3 Å². The zero-order valence-electron chi connectivity index (χ0n) is 8.33. The van der Waals surface area contributed by atoms with Crippen molar-refractivity contribution >= 4 is 17.5 Å². The maximum absolute atomic E-state index is 11.6. The van der Waals surface area contributed by atoms with Gasteiger partial charge in [0.15, 0.2) is 0 Å². The summed E-state index contributed by atoms with van der Waals surface area (Å²) < 4.78 is 1.59. The third-order valence-corrected chi connectivity index (χ3v) is 2.12. The normalized spacial score (nSPS) is 12.5. The fourth-order valence-electron chi connectivity index (χ4n) is 1.27. The van der Waals surface area contributed by atoms with E-state index in [2.05, 4.69) is 10.4 Å². The van der Waals surface area contributed by atoms with Gasteiger partial charge in [-0.3, -0.25) is 9.48 Å². The van der Waals surface area contributed by atoms with Crippen molar-refractivity contribution in [1.82, 2.24) is 15.1 Å². The first-order chi connectivity index (χ1) is 6.69. The molecule has 1 atom stereocenters. The number of nitrogens with zero attached hydrogens (tertiary/aromatic N) is 2. The third kappa shape index (κ3) is 2.48. The van der Waals surface area contributed by atoms with Crippen LogP contribution in [0.5, 0.6) is 0 Å². The summed E-state index contributed by atoms with van der Waals surface area (Å²) in [7, 11) is 0. The van der Waals surface area contributed by atoms with E-state index in [0.29, 0.717) is 18.0 Å². The molecule has 0 aliphatic heterocycles. The van der Waals surface area contributed by atoms with Crippen LogP contribution in [-0.2, 0) is 4.79 Å². The summed E-state index contributed by atoms with van der Waals surface area (Å²) in [4.78, 5) is 11.6. The standard InChI is InChI=1S/C9H14ClN3O/c1-3-8(9(14)11-4-2)13-6-7(10)5-12-13/h5-6,8H,3-4H2,1-2H3,(H,11,14). The highest BCUT2D eigenvalue weighted by Gasteiger charge is 2.17. The van der Waals surface area contributed by atoms with Crippen LogP contribution in [0.2, 0.25) is 5.02 Å². The maximum Gasteiger partial charge on any atom is 0.244 e. The second-order valence-electron chi connectivity index (χ2n) is 2.96. The van der Waals surface area contributed by atoms with Gasteiger partial charge in [0, 0.05) is 12.7 Å². The lowest BCUT2D eigenvalue weighted by atomic mass is 10.2. The van der Waals surface area contributed by atoms with E-state index in [-0.39, 0.29) is 11.9 Å². The summed E-state index contributed by atoms with van der Waals surface area (Å²) in [6, 6.07) is -0.262. The number of halogens is 1. The van der Waals surface area contributed by atoms with Gasteiger partial charge < -0.3 is 5.32 Å². The Kier molecular flexibility index (Phi) is 3.95. The van der Waals surface area contributed by atoms with Gasteiger partial charge >= 0.3 is 0 Å². The molecule has 1 unspecified atom stereocenters. The van der Waals surface area contributed by atoms with Crippen molar-refractivity contribution in [2.75, 3.05) is 6.54 Å². The minimum Gasteiger partial charge on any atom is -0.355 e. The van der Waals surface area contributed by atoms with E-state index >= 15 is 0 Å². The van der Waals surface area contributed by atoms with Gasteiger partial charge in [0.05, 0.1) is 11.2 Å². The molecular weight excluding hydrogens is 202 g/mol. The van der Waals surface area contributed by atoms with E-state index < -0.39 is 0 Å². The third-order valence-electron chi connectivity index (χ3n) is 1.93. The number of hydrogen-bond acceptors (Lipinski definition) is 2. The number of carbonyl (C=O) groups excluding carboxylic acids is 1. The molecule has 0 radical (unpaired) electrons. The van der Waals surface area contributed by atoms with Crippen molar-refractivity contribution < 1.29 is 4.79 Å². The second kappa shape index (κ2) is 5.00. The Morgan fingerprint density at radius 1 is 1.71 bits per heavy atom. The first kappa shape index (κ1) is 11.0. The highest BCUT2D eigenvalue weighted by molar-refractivity contribution is 6.30. The molecule has 0 saturated heterocycles. The highest BCUT2D eigenvalue weighted by atomic mass is 35.5. The van der Waals surface area contributed by atoms with Crippen LogP contribution in [0.15, 0.2) is 12.4 Å². The number of amides is 1. The van der Waals surface area contributed by atoms with E-state index in [1.54, 1.807) is 10.9 Å². The average Bonchev–Trinajstić information content (AvgIpc) is 2.54. The fourth-order valence-corrected chi connectivity index (χ4v) is 1.41. The smallest absolute Gasteiger partial charge is 0.244 e. The maximum atomic E-state index is 11.6. The first-order valence-electron chi connectivity index (χ1n) is 4.66. The van der Waals surface area contributed by atoms with Gasteiger partial charge in [-0.2, -0.15) is 5.10 Å². The van der Waals surface area contributed by atoms with Crippen LogP contribution in [-0.4, -0.2) is 22.2 Å². The molecule has 1 N–H and O–H groups in total. The molecule has 14 heavy (non-hydrogen) atoms. The molecule has 0 aromatic carbocycles. The van der Waals surface area contributed by atoms with Crippen LogP contribution < -0.4 is 5.32 Å². The molecule has 1 aromatic rings. The van der Waals surface area contributed by atoms with Gasteiger partial charge in [0.2, 0.25) is 5.91 Å². The minimum absolute atomic E-state index is 0.0187. The van der Waals surface area contributed by atoms with E-state index in [4.69, 9.17) is 11.6 Å². The molecule has 0 aliphatic rings. The lowest BCUT2D eigenvalue weighted by Crippen LogP contribution is -2.32. The van der Waals surface area contributed by atoms with Gasteiger partial charge in [-0.05, 0) is 13.3 Å². The zero-order chi connectivity index (χ0) is 10.6. The second-order valence-corrected chi connectivity index (χ2v) is 3.39. The molecule has 1 amide bonds. The molecule has 1 aromatic heterocycles. The van der Waals surface area contributed by atoms with Crippen LogP contribution in [0.3, 0.4) is 0 Å². The van der Waals surface area contributed by atoms with Crippen LogP contribution in [0, 0.1) is 0 Å². The van der Waals surface area contributed by atoms with Crippen LogP contribution >= 0.6 is 11.6 Å². The first-order valence-corrected chi connectivity index (χ1v) is 5.04. The van der Waals surface area contributed by atoms with E-state index in [9.17, 15) is 4.79 Å². The summed E-state index contributed by atoms with van der Waals surface area (Å²) in [6.45, 7) is 4.46. The van der Waals surface area contributed by atoms with Crippen molar-refractivity contribution in [3.63, 3.8) is 0 Å². The van der Waals surface area contributed by atoms with Gasteiger partial charge in [0.1, 0.15) is 6.04 Å². The molecule has 1 heterocycles. The number of likely N-dealkylation sites (N-methyl/N-ethyl adjacent to an activating group) is 1. The minimum atomic E-state index is -0.262. The number of nitrogens with one attached hydrogen (secondary N) is 1. The Bertz CT molecular complexity index is 311. The van der Waals surface area contributed by atoms with Crippen molar-refractivity contribution in [2.24, 2.45) is 0 Å². The largest absolute Gasteiger partial charge is 0.355 e. The van der Waals surface area contributed by atoms with Gasteiger partial charge in [-0.25, -0.2) is 0 Å². The van der Waals surface area contributed by atoms with Crippen molar-refractivity contribution in [3.8, 4) is 0 Å². The highest BCUT2D eigenvalue weighted by Crippen LogP contribution is 2.14. The van der Waals surface area contributed by atoms with Crippen molar-refractivity contribution in [3.05, 3.63) is 17.4 Å². The quantitative estimate of drug-likeness (QED) is 0.830. The molecule has 1 rings (SSSR count). The monoisotopic (exact) mass is 215 g/mol. The van der Waals surface area contributed by atoms with Gasteiger partial charge in [0.25, 0.3) is 0 Å². The predicted octanol–water partition coefficient (Wildman–Crippen LogP) is 1.62. The summed E-state index contributed by atoms with van der Waals surface area (Å²) in [5.74, 6) is -0.0187. The molecule has 5 heteroatoms.